The van der Waals surface area contributed by atoms with E-state index in [2.05, 4.69) is 130 Å². The predicted octanol–water partition coefficient (Wildman–Crippen LogP) is 2.40. The summed E-state index contributed by atoms with van der Waals surface area (Å²) in [5.74, 6) is 0. The van der Waals surface area contributed by atoms with Crippen molar-refractivity contribution in [3.63, 3.8) is 0 Å². The van der Waals surface area contributed by atoms with Gasteiger partial charge in [0.1, 0.15) is 0 Å². The molecular weight excluding hydrogens is 449 g/mol. The molecule has 3 nitrogen and oxygen atoms in total. The zero-order chi connectivity index (χ0) is 20.3. The predicted molar refractivity (Wildman–Crippen MR) is 127 cm³/mol. The van der Waals surface area contributed by atoms with Gasteiger partial charge in [-0.15, -0.1) is 0 Å². The van der Waals surface area contributed by atoms with Crippen LogP contribution >= 0.6 is 0 Å². The average molecular weight is 479 g/mol. The van der Waals surface area contributed by atoms with Crippen molar-refractivity contribution in [3.8, 4) is 0 Å². The van der Waals surface area contributed by atoms with Gasteiger partial charge in [0, 0.05) is 0 Å². The third-order valence-electron chi connectivity index (χ3n) is 5.02. The van der Waals surface area contributed by atoms with Gasteiger partial charge in [-0.25, -0.2) is 0 Å². The molecule has 0 aliphatic carbocycles. The maximum absolute atomic E-state index is 2.34. The van der Waals surface area contributed by atoms with Crippen molar-refractivity contribution >= 4 is 47.6 Å². The number of hydrogen-bond acceptors (Lipinski definition) is 3. The van der Waals surface area contributed by atoms with E-state index in [0.29, 0.717) is 0 Å². The molecule has 0 heterocycles. The summed E-state index contributed by atoms with van der Waals surface area (Å²) in [7, 11) is 12.6. The summed E-state index contributed by atoms with van der Waals surface area (Å²) in [4.78, 5) is 6.47. The molecule has 144 valence electrons. The Balaban J connectivity index is 2.04. The van der Waals surface area contributed by atoms with Crippen LogP contribution in [0.4, 0.5) is 17.1 Å². The van der Waals surface area contributed by atoms with Gasteiger partial charge in [-0.2, -0.15) is 0 Å². The van der Waals surface area contributed by atoms with Crippen LogP contribution in [0.2, 0.25) is 0 Å². The van der Waals surface area contributed by atoms with Crippen molar-refractivity contribution in [1.29, 1.82) is 0 Å². The topological polar surface area (TPSA) is 9.72 Å². The molecule has 28 heavy (non-hydrogen) atoms. The van der Waals surface area contributed by atoms with Crippen molar-refractivity contribution in [2.24, 2.45) is 0 Å². The Morgan fingerprint density at radius 1 is 0.393 bits per heavy atom. The van der Waals surface area contributed by atoms with Crippen LogP contribution < -0.4 is 25.4 Å². The molecule has 0 aliphatic rings. The van der Waals surface area contributed by atoms with E-state index in [1.54, 1.807) is 0 Å². The molecule has 0 fully saturated rings. The third-order valence-corrected chi connectivity index (χ3v) is 12.8. The molecule has 0 amide bonds. The van der Waals surface area contributed by atoms with E-state index < -0.39 is 19.8 Å². The molecule has 0 aliphatic heterocycles. The number of nitrogens with zero attached hydrogens (tertiary/aromatic N) is 3. The van der Waals surface area contributed by atoms with Gasteiger partial charge in [0.05, 0.1) is 0 Å². The van der Waals surface area contributed by atoms with Gasteiger partial charge in [-0.3, -0.25) is 0 Å². The van der Waals surface area contributed by atoms with Gasteiger partial charge in [-0.1, -0.05) is 0 Å². The van der Waals surface area contributed by atoms with Crippen LogP contribution in [0.5, 0.6) is 0 Å². The van der Waals surface area contributed by atoms with Crippen molar-refractivity contribution in [3.05, 3.63) is 72.8 Å². The van der Waals surface area contributed by atoms with Gasteiger partial charge in [-0.05, 0) is 0 Å². The average Bonchev–Trinajstić information content (AvgIpc) is 2.69. The Labute approximate surface area is 176 Å². The van der Waals surface area contributed by atoms with Crippen LogP contribution in [0.1, 0.15) is 0 Å². The summed E-state index contributed by atoms with van der Waals surface area (Å²) in [6, 6.07) is 27.5. The Morgan fingerprint density at radius 3 is 0.786 bits per heavy atom. The van der Waals surface area contributed by atoms with Gasteiger partial charge in [0.25, 0.3) is 0 Å². The molecule has 3 rings (SSSR count). The molecule has 0 spiro atoms. The first-order valence-corrected chi connectivity index (χ1v) is 13.8. The SMILES string of the molecule is CN(C)c1cc[c]([Sn+]([c]2ccc(N(C)C)cc2)[c]2ccc(N(C)C)cc2)cc1. The van der Waals surface area contributed by atoms with Crippen molar-refractivity contribution in [2.75, 3.05) is 57.0 Å². The monoisotopic (exact) mass is 480 g/mol. The molecule has 0 saturated carbocycles. The van der Waals surface area contributed by atoms with Crippen molar-refractivity contribution < 1.29 is 0 Å². The van der Waals surface area contributed by atoms with Crippen LogP contribution in [-0.2, 0) is 0 Å². The number of anilines is 3. The van der Waals surface area contributed by atoms with E-state index >= 15 is 0 Å². The third kappa shape index (κ3) is 4.64. The molecule has 0 bridgehead atoms. The Kier molecular flexibility index (Phi) is 6.55. The van der Waals surface area contributed by atoms with Gasteiger partial charge < -0.3 is 0 Å². The first-order chi connectivity index (χ1) is 13.4. The normalized spacial score (nSPS) is 10.5. The molecule has 0 radical (unpaired) electrons. The molecule has 3 aromatic rings. The fraction of sp³-hybridized carbons (Fsp3) is 0.250. The quantitative estimate of drug-likeness (QED) is 0.504. The molecule has 0 unspecified atom stereocenters. The van der Waals surface area contributed by atoms with E-state index in [4.69, 9.17) is 0 Å². The minimum atomic E-state index is -2.24. The fourth-order valence-electron chi connectivity index (χ4n) is 3.28. The van der Waals surface area contributed by atoms with Gasteiger partial charge in [0.2, 0.25) is 0 Å². The summed E-state index contributed by atoms with van der Waals surface area (Å²) in [6.45, 7) is 0. The standard InChI is InChI=1S/3C8H10N.Sn/c3*1-9(2)8-6-4-3-5-7-8;/h3*4-7H,1-2H3;/q;;;+1. The van der Waals surface area contributed by atoms with E-state index in [1.165, 1.54) is 27.8 Å². The Morgan fingerprint density at radius 2 is 0.607 bits per heavy atom. The molecule has 0 atom stereocenters. The van der Waals surface area contributed by atoms with Crippen LogP contribution in [0.15, 0.2) is 72.8 Å². The summed E-state index contributed by atoms with van der Waals surface area (Å²) >= 11 is -2.24. The number of benzene rings is 3. The van der Waals surface area contributed by atoms with Crippen molar-refractivity contribution in [1.82, 2.24) is 0 Å². The summed E-state index contributed by atoms with van der Waals surface area (Å²) in [5.41, 5.74) is 3.74. The molecule has 0 aromatic heterocycles. The Hall–Kier alpha value is -2.14. The van der Waals surface area contributed by atoms with E-state index in [9.17, 15) is 0 Å². The van der Waals surface area contributed by atoms with Crippen LogP contribution in [0.3, 0.4) is 0 Å². The zero-order valence-corrected chi connectivity index (χ0v) is 20.6. The van der Waals surface area contributed by atoms with E-state index in [-0.39, 0.29) is 0 Å². The van der Waals surface area contributed by atoms with Gasteiger partial charge in [0.15, 0.2) is 0 Å². The molecule has 3 aromatic carbocycles. The van der Waals surface area contributed by atoms with Crippen molar-refractivity contribution in [2.45, 2.75) is 0 Å². The molecule has 0 saturated heterocycles. The fourth-order valence-corrected chi connectivity index (χ4v) is 10.4. The Bertz CT molecular complexity index is 760. The molecule has 4 heteroatoms. The molecule has 0 N–H and O–H groups in total. The first kappa shape index (κ1) is 20.6. The number of rotatable bonds is 6. The second-order valence-corrected chi connectivity index (χ2v) is 14.8. The van der Waals surface area contributed by atoms with Crippen LogP contribution in [0, 0.1) is 0 Å². The number of hydrogen-bond donors (Lipinski definition) is 0. The van der Waals surface area contributed by atoms with Gasteiger partial charge >= 0.3 is 177 Å². The van der Waals surface area contributed by atoms with Crippen LogP contribution in [-0.4, -0.2) is 62.0 Å². The van der Waals surface area contributed by atoms with E-state index in [1.807, 2.05) is 0 Å². The summed E-state index contributed by atoms with van der Waals surface area (Å²) in [5, 5.41) is 0. The van der Waals surface area contributed by atoms with Crippen LogP contribution in [0.25, 0.3) is 0 Å². The zero-order valence-electron chi connectivity index (χ0n) is 17.8. The summed E-state index contributed by atoms with van der Waals surface area (Å²) in [6.07, 6.45) is 0. The first-order valence-electron chi connectivity index (χ1n) is 9.57. The van der Waals surface area contributed by atoms with E-state index in [0.717, 1.165) is 0 Å². The second kappa shape index (κ2) is 8.91. The summed E-state index contributed by atoms with van der Waals surface area (Å²) < 4.78 is 4.51. The molecular formula is C24H30N3Sn+. The maximum atomic E-state index is 2.34. The minimum absolute atomic E-state index is 1.25. The second-order valence-electron chi connectivity index (χ2n) is 7.70.